The monoisotopic (exact) mass is 304 g/mol. The third kappa shape index (κ3) is 2.36. The lowest BCUT2D eigenvalue weighted by atomic mass is 10.2. The molecule has 0 saturated carbocycles. The fourth-order valence-corrected chi connectivity index (χ4v) is 1.85. The van der Waals surface area contributed by atoms with Crippen LogP contribution in [0.15, 0.2) is 28.9 Å². The predicted molar refractivity (Wildman–Crippen MR) is 66.3 cm³/mol. The number of imidazole rings is 1. The van der Waals surface area contributed by atoms with Gasteiger partial charge in [0.25, 0.3) is 0 Å². The molecule has 1 heterocycles. The van der Waals surface area contributed by atoms with E-state index in [2.05, 4.69) is 25.9 Å². The number of nitrogens with one attached hydrogen (secondary N) is 1. The van der Waals surface area contributed by atoms with Crippen molar-refractivity contribution in [3.05, 3.63) is 39.6 Å². The minimum Gasteiger partial charge on any atom is -0.341 e. The highest BCUT2D eigenvalue weighted by molar-refractivity contribution is 9.10. The number of aromatic nitrogens is 2. The molecule has 2 nitrogen and oxygen atoms in total. The van der Waals surface area contributed by atoms with Crippen LogP contribution in [0.2, 0.25) is 5.02 Å². The molecule has 0 amide bonds. The van der Waals surface area contributed by atoms with E-state index >= 15 is 0 Å². The Morgan fingerprint density at radius 2 is 2.20 bits per heavy atom. The molecule has 0 atom stereocenters. The minimum absolute atomic E-state index is 0.432. The van der Waals surface area contributed by atoms with Gasteiger partial charge < -0.3 is 4.98 Å². The second-order valence-corrected chi connectivity index (χ2v) is 4.55. The summed E-state index contributed by atoms with van der Waals surface area (Å²) in [5, 5.41) is 0.683. The minimum atomic E-state index is 0.432. The van der Waals surface area contributed by atoms with E-state index in [1.54, 1.807) is 6.20 Å². The number of halogens is 3. The molecule has 0 aliphatic rings. The Morgan fingerprint density at radius 3 is 2.80 bits per heavy atom. The average Bonchev–Trinajstić information content (AvgIpc) is 2.70. The molecule has 15 heavy (non-hydrogen) atoms. The van der Waals surface area contributed by atoms with Gasteiger partial charge in [-0.3, -0.25) is 0 Å². The van der Waals surface area contributed by atoms with E-state index in [1.807, 2.05) is 18.2 Å². The first-order valence-corrected chi connectivity index (χ1v) is 5.96. The van der Waals surface area contributed by atoms with Crippen molar-refractivity contribution in [2.45, 2.75) is 5.88 Å². The zero-order chi connectivity index (χ0) is 10.8. The molecule has 0 spiro atoms. The fraction of sp³-hybridized carbons (Fsp3) is 0.100. The summed E-state index contributed by atoms with van der Waals surface area (Å²) in [6.45, 7) is 0. The number of H-pyrrole nitrogens is 1. The molecule has 0 bridgehead atoms. The van der Waals surface area contributed by atoms with Gasteiger partial charge in [-0.1, -0.05) is 11.6 Å². The van der Waals surface area contributed by atoms with Crippen LogP contribution < -0.4 is 0 Å². The van der Waals surface area contributed by atoms with Crippen LogP contribution in [-0.2, 0) is 5.88 Å². The van der Waals surface area contributed by atoms with Crippen LogP contribution in [0.1, 0.15) is 5.69 Å². The molecule has 2 aromatic rings. The highest BCUT2D eigenvalue weighted by Gasteiger charge is 2.05. The van der Waals surface area contributed by atoms with Gasteiger partial charge in [-0.05, 0) is 34.1 Å². The van der Waals surface area contributed by atoms with E-state index in [1.165, 1.54) is 0 Å². The second kappa shape index (κ2) is 4.56. The topological polar surface area (TPSA) is 28.7 Å². The molecule has 0 fully saturated rings. The molecule has 5 heteroatoms. The van der Waals surface area contributed by atoms with Crippen molar-refractivity contribution >= 4 is 39.1 Å². The molecule has 0 saturated heterocycles. The van der Waals surface area contributed by atoms with Crippen LogP contribution in [0.4, 0.5) is 0 Å². The molecule has 0 aliphatic carbocycles. The van der Waals surface area contributed by atoms with Crippen LogP contribution in [0.3, 0.4) is 0 Å². The maximum Gasteiger partial charge on any atom is 0.137 e. The Morgan fingerprint density at radius 1 is 1.40 bits per heavy atom. The van der Waals surface area contributed by atoms with Gasteiger partial charge in [0.05, 0.1) is 10.9 Å². The van der Waals surface area contributed by atoms with Crippen LogP contribution in [0, 0.1) is 0 Å². The number of aromatic amines is 1. The number of rotatable bonds is 2. The summed E-state index contributed by atoms with van der Waals surface area (Å²) >= 11 is 15.0. The van der Waals surface area contributed by atoms with Gasteiger partial charge in [0.1, 0.15) is 5.82 Å². The zero-order valence-electron chi connectivity index (χ0n) is 7.60. The molecule has 2 rings (SSSR count). The molecular formula is C10H7BrCl2N2. The molecule has 78 valence electrons. The van der Waals surface area contributed by atoms with Crippen molar-refractivity contribution in [1.29, 1.82) is 0 Å². The van der Waals surface area contributed by atoms with Crippen molar-refractivity contribution < 1.29 is 0 Å². The lowest BCUT2D eigenvalue weighted by Crippen LogP contribution is -1.82. The van der Waals surface area contributed by atoms with E-state index in [0.29, 0.717) is 10.9 Å². The first-order chi connectivity index (χ1) is 7.20. The number of hydrogen-bond acceptors (Lipinski definition) is 1. The SMILES string of the molecule is ClCc1cnc(-c2ccc(Cl)c(Br)c2)[nH]1. The van der Waals surface area contributed by atoms with Crippen molar-refractivity contribution in [3.8, 4) is 11.4 Å². The molecule has 1 aromatic heterocycles. The van der Waals surface area contributed by atoms with E-state index in [4.69, 9.17) is 23.2 Å². The third-order valence-electron chi connectivity index (χ3n) is 1.97. The molecule has 0 unspecified atom stereocenters. The van der Waals surface area contributed by atoms with Gasteiger partial charge in [-0.15, -0.1) is 11.6 Å². The summed E-state index contributed by atoms with van der Waals surface area (Å²) in [5.74, 6) is 1.23. The van der Waals surface area contributed by atoms with Crippen LogP contribution >= 0.6 is 39.1 Å². The number of benzene rings is 1. The summed E-state index contributed by atoms with van der Waals surface area (Å²) < 4.78 is 0.852. The van der Waals surface area contributed by atoms with Crippen LogP contribution in [-0.4, -0.2) is 9.97 Å². The Labute approximate surface area is 106 Å². The maximum absolute atomic E-state index is 5.90. The third-order valence-corrected chi connectivity index (χ3v) is 3.47. The maximum atomic E-state index is 5.90. The second-order valence-electron chi connectivity index (χ2n) is 3.02. The Kier molecular flexibility index (Phi) is 3.34. The predicted octanol–water partition coefficient (Wildman–Crippen LogP) is 4.23. The smallest absolute Gasteiger partial charge is 0.137 e. The van der Waals surface area contributed by atoms with Gasteiger partial charge >= 0.3 is 0 Å². The lowest BCUT2D eigenvalue weighted by Gasteiger charge is -1.99. The number of alkyl halides is 1. The van der Waals surface area contributed by atoms with E-state index in [0.717, 1.165) is 21.6 Å². The Bertz CT molecular complexity index is 482. The lowest BCUT2D eigenvalue weighted by molar-refractivity contribution is 1.22. The first kappa shape index (κ1) is 11.0. The van der Waals surface area contributed by atoms with E-state index in [9.17, 15) is 0 Å². The normalized spacial score (nSPS) is 10.6. The number of hydrogen-bond donors (Lipinski definition) is 1. The Balaban J connectivity index is 2.40. The standard InChI is InChI=1S/C10H7BrCl2N2/c11-8-3-6(1-2-9(8)13)10-14-5-7(4-12)15-10/h1-3,5H,4H2,(H,14,15). The Hall–Kier alpha value is -0.510. The summed E-state index contributed by atoms with van der Waals surface area (Å²) in [6.07, 6.45) is 1.73. The van der Waals surface area contributed by atoms with Gasteiger partial charge in [0.15, 0.2) is 0 Å². The zero-order valence-corrected chi connectivity index (χ0v) is 10.7. The van der Waals surface area contributed by atoms with E-state index < -0.39 is 0 Å². The summed E-state index contributed by atoms with van der Waals surface area (Å²) in [7, 11) is 0. The van der Waals surface area contributed by atoms with Crippen molar-refractivity contribution in [1.82, 2.24) is 9.97 Å². The van der Waals surface area contributed by atoms with E-state index in [-0.39, 0.29) is 0 Å². The highest BCUT2D eigenvalue weighted by atomic mass is 79.9. The van der Waals surface area contributed by atoms with Crippen LogP contribution in [0.5, 0.6) is 0 Å². The quantitative estimate of drug-likeness (QED) is 0.826. The van der Waals surface area contributed by atoms with Gasteiger partial charge in [0.2, 0.25) is 0 Å². The fourth-order valence-electron chi connectivity index (χ4n) is 1.22. The molecular weight excluding hydrogens is 299 g/mol. The number of nitrogens with zero attached hydrogens (tertiary/aromatic N) is 1. The molecule has 1 N–H and O–H groups in total. The summed E-state index contributed by atoms with van der Waals surface area (Å²) in [5.41, 5.74) is 1.88. The van der Waals surface area contributed by atoms with Gasteiger partial charge in [-0.25, -0.2) is 4.98 Å². The average molecular weight is 306 g/mol. The highest BCUT2D eigenvalue weighted by Crippen LogP contribution is 2.27. The summed E-state index contributed by atoms with van der Waals surface area (Å²) in [4.78, 5) is 7.34. The molecule has 0 aliphatic heterocycles. The molecule has 0 radical (unpaired) electrons. The van der Waals surface area contributed by atoms with Crippen molar-refractivity contribution in [2.24, 2.45) is 0 Å². The van der Waals surface area contributed by atoms with Crippen molar-refractivity contribution in [2.75, 3.05) is 0 Å². The largest absolute Gasteiger partial charge is 0.341 e. The molecule has 1 aromatic carbocycles. The van der Waals surface area contributed by atoms with Gasteiger partial charge in [-0.2, -0.15) is 0 Å². The summed E-state index contributed by atoms with van der Waals surface area (Å²) in [6, 6.07) is 5.65. The van der Waals surface area contributed by atoms with Gasteiger partial charge in [0, 0.05) is 21.9 Å². The van der Waals surface area contributed by atoms with Crippen molar-refractivity contribution in [3.63, 3.8) is 0 Å². The van der Waals surface area contributed by atoms with Crippen LogP contribution in [0.25, 0.3) is 11.4 Å². The first-order valence-electron chi connectivity index (χ1n) is 4.26.